The van der Waals surface area contributed by atoms with Gasteiger partial charge in [0.25, 0.3) is 13.6 Å². The number of hydrogen-bond donors (Lipinski definition) is 7. The van der Waals surface area contributed by atoms with E-state index in [4.69, 9.17) is 25.3 Å². The molecule has 0 spiro atoms. The van der Waals surface area contributed by atoms with Crippen LogP contribution in [0.15, 0.2) is 12.7 Å². The molecule has 9 N–H and O–H groups in total. The zero-order valence-corrected chi connectivity index (χ0v) is 21.4. The van der Waals surface area contributed by atoms with Crippen molar-refractivity contribution in [3.63, 3.8) is 0 Å². The molecule has 2 fully saturated rings. The van der Waals surface area contributed by atoms with Crippen molar-refractivity contribution in [1.29, 1.82) is 0 Å². The monoisotopic (exact) mass is 582 g/mol. The maximum absolute atomic E-state index is 12.6. The number of ether oxygens (including phenoxy) is 1. The molecule has 5 heterocycles. The van der Waals surface area contributed by atoms with E-state index in [9.17, 15) is 39.3 Å². The van der Waals surface area contributed by atoms with E-state index < -0.39 is 77.1 Å². The van der Waals surface area contributed by atoms with Crippen LogP contribution in [0.25, 0.3) is 11.2 Å². The quantitative estimate of drug-likeness (QED) is 0.134. The highest BCUT2D eigenvalue weighted by Crippen LogP contribution is 2.60. The zero-order chi connectivity index (χ0) is 27.6. The van der Waals surface area contributed by atoms with E-state index in [2.05, 4.69) is 14.3 Å². The maximum Gasteiger partial charge on any atom is 0.478 e. The average molecular weight is 582 g/mol. The van der Waals surface area contributed by atoms with Crippen LogP contribution < -0.4 is 20.9 Å². The Morgan fingerprint density at radius 3 is 2.61 bits per heavy atom. The molecular weight excluding hydrogens is 554 g/mol. The number of phosphoric ester groups is 2. The largest absolute Gasteiger partial charge is 0.756 e. The third kappa shape index (κ3) is 4.90. The molecule has 18 nitrogen and oxygen atoms in total. The van der Waals surface area contributed by atoms with Gasteiger partial charge in [0, 0.05) is 5.92 Å². The highest BCUT2D eigenvalue weighted by Gasteiger charge is 2.50. The number of phosphoric acid groups is 2. The minimum absolute atomic E-state index is 0.0371. The molecule has 0 radical (unpaired) electrons. The smallest absolute Gasteiger partial charge is 0.478 e. The Bertz CT molecular complexity index is 1300. The van der Waals surface area contributed by atoms with Gasteiger partial charge >= 0.3 is 7.82 Å². The summed E-state index contributed by atoms with van der Waals surface area (Å²) in [4.78, 5) is 31.1. The Balaban J connectivity index is 1.60. The van der Waals surface area contributed by atoms with Crippen molar-refractivity contribution in [1.82, 2.24) is 14.5 Å². The van der Waals surface area contributed by atoms with E-state index in [-0.39, 0.29) is 36.4 Å². The number of hydrogen-bond acceptors (Lipinski definition) is 15. The lowest BCUT2D eigenvalue weighted by Crippen LogP contribution is -2.48. The van der Waals surface area contributed by atoms with Gasteiger partial charge in [-0.2, -0.15) is 0 Å². The van der Waals surface area contributed by atoms with Crippen molar-refractivity contribution in [3.8, 4) is 0 Å². The number of rotatable bonds is 2. The number of aliphatic hydroxyl groups excluding tert-OH is 4. The van der Waals surface area contributed by atoms with Gasteiger partial charge in [-0.05, 0) is 19.4 Å². The number of nitrogen functional groups attached to an aromatic ring is 1. The lowest BCUT2D eigenvalue weighted by molar-refractivity contribution is -0.717. The van der Waals surface area contributed by atoms with Crippen molar-refractivity contribution in [2.75, 3.05) is 18.9 Å². The summed E-state index contributed by atoms with van der Waals surface area (Å²) in [6.07, 6.45) is -7.83. The van der Waals surface area contributed by atoms with Crippen LogP contribution >= 0.6 is 15.6 Å². The fraction of sp³-hybridized carbons (Fsp3) is 0.722. The molecule has 2 unspecified atom stereocenters. The molecule has 1 saturated carbocycles. The zero-order valence-electron chi connectivity index (χ0n) is 19.6. The van der Waals surface area contributed by atoms with E-state index in [0.29, 0.717) is 0 Å². The lowest BCUT2D eigenvalue weighted by atomic mass is 9.96. The fourth-order valence-corrected chi connectivity index (χ4v) is 7.49. The molecule has 1 aliphatic carbocycles. The number of aliphatic hydroxyl groups is 4. The minimum Gasteiger partial charge on any atom is -0.756 e. The summed E-state index contributed by atoms with van der Waals surface area (Å²) in [5.41, 5.74) is 12.2. The first-order chi connectivity index (χ1) is 17.8. The molecule has 3 aliphatic heterocycles. The topological polar surface area (TPSA) is 282 Å². The first kappa shape index (κ1) is 27.9. The summed E-state index contributed by atoms with van der Waals surface area (Å²) in [7, 11) is -10.9. The molecule has 20 heteroatoms. The van der Waals surface area contributed by atoms with Crippen LogP contribution in [0.5, 0.6) is 0 Å². The summed E-state index contributed by atoms with van der Waals surface area (Å²) in [5.74, 6) is -0.980. The summed E-state index contributed by atoms with van der Waals surface area (Å²) >= 11 is 0. The van der Waals surface area contributed by atoms with Crippen LogP contribution in [0, 0.1) is 5.92 Å². The Labute approximate surface area is 214 Å². The number of nitrogens with zero attached hydrogens (tertiary/aromatic N) is 4. The van der Waals surface area contributed by atoms with Crippen LogP contribution in [0.4, 0.5) is 5.82 Å². The first-order valence-corrected chi connectivity index (χ1v) is 14.6. The number of aromatic nitrogens is 4. The minimum atomic E-state index is -5.56. The van der Waals surface area contributed by atoms with Crippen molar-refractivity contribution < 1.29 is 62.0 Å². The Morgan fingerprint density at radius 2 is 1.89 bits per heavy atom. The number of fused-ring (bicyclic) bond motifs is 7. The SMILES string of the molecule is NCC[C@H]1OP(=O)([O-])OP(=O)(O)OC[C@H]2O[C@H]([C@H](O)[C@@H]2O)n2cnc3c(N)[n+](cnc32)[C@@H]2C[C@H]1[C@@H](O)[C@H]2O. The Hall–Kier alpha value is -1.63. The normalized spacial score (nSPS) is 44.0. The molecule has 0 amide bonds. The van der Waals surface area contributed by atoms with Crippen molar-refractivity contribution in [3.05, 3.63) is 12.7 Å². The van der Waals surface area contributed by atoms with Crippen LogP contribution in [0.3, 0.4) is 0 Å². The standard InChI is InChI=1S/C18H28N6O12P2/c19-2-1-9-7-3-8(13(26)12(7)25)23-6-22-17-11(16(23)20)21-5-24(17)18-15(28)14(27)10(34-18)4-33-37(29,30)36-38(31,32)35-9/h5-10,12-15,18,20,25-28H,1-4,19H2,(H2,29,30,31,32)/t7-,8-,9-,10-,12-,13+,14-,15-,18-/m1/s1. The van der Waals surface area contributed by atoms with Crippen LogP contribution in [-0.2, 0) is 27.2 Å². The highest BCUT2D eigenvalue weighted by molar-refractivity contribution is 7.60. The number of nitrogens with two attached hydrogens (primary N) is 2. The van der Waals surface area contributed by atoms with E-state index in [1.807, 2.05) is 0 Å². The second kappa shape index (κ2) is 10.1. The van der Waals surface area contributed by atoms with Gasteiger partial charge in [-0.25, -0.2) is 18.4 Å². The molecule has 4 aliphatic rings. The predicted octanol–water partition coefficient (Wildman–Crippen LogP) is -3.45. The molecule has 11 atom stereocenters. The second-order valence-electron chi connectivity index (χ2n) is 9.37. The lowest BCUT2D eigenvalue weighted by Gasteiger charge is -2.33. The Kier molecular flexibility index (Phi) is 7.41. The van der Waals surface area contributed by atoms with Gasteiger partial charge in [0.2, 0.25) is 12.0 Å². The Morgan fingerprint density at radius 1 is 1.16 bits per heavy atom. The summed E-state index contributed by atoms with van der Waals surface area (Å²) in [6, 6.07) is -0.904. The number of anilines is 1. The summed E-state index contributed by atoms with van der Waals surface area (Å²) in [6.45, 7) is -0.950. The van der Waals surface area contributed by atoms with Crippen molar-refractivity contribution in [2.45, 2.75) is 61.7 Å². The molecule has 2 aromatic rings. The molecule has 38 heavy (non-hydrogen) atoms. The van der Waals surface area contributed by atoms with Crippen LogP contribution in [-0.4, -0.2) is 89.6 Å². The molecule has 1 saturated heterocycles. The molecule has 2 aromatic heterocycles. The summed E-state index contributed by atoms with van der Waals surface area (Å²) in [5, 5.41) is 42.6. The first-order valence-electron chi connectivity index (χ1n) is 11.6. The van der Waals surface area contributed by atoms with Crippen LogP contribution in [0.1, 0.15) is 25.1 Å². The molecule has 0 aromatic carbocycles. The molecule has 212 valence electrons. The maximum atomic E-state index is 12.6. The predicted molar refractivity (Wildman–Crippen MR) is 120 cm³/mol. The van der Waals surface area contributed by atoms with Gasteiger partial charge < -0.3 is 50.9 Å². The van der Waals surface area contributed by atoms with E-state index >= 15 is 0 Å². The molecule has 8 bridgehead atoms. The van der Waals surface area contributed by atoms with Gasteiger partial charge in [0.15, 0.2) is 11.7 Å². The van der Waals surface area contributed by atoms with Crippen molar-refractivity contribution >= 4 is 32.6 Å². The summed E-state index contributed by atoms with van der Waals surface area (Å²) < 4.78 is 47.2. The van der Waals surface area contributed by atoms with E-state index in [0.717, 1.165) is 0 Å². The third-order valence-electron chi connectivity index (χ3n) is 7.06. The average Bonchev–Trinajstić information content (AvgIpc) is 3.47. The molecular formula is C18H28N6O12P2. The van der Waals surface area contributed by atoms with Crippen molar-refractivity contribution in [2.24, 2.45) is 11.7 Å². The second-order valence-corrected chi connectivity index (χ2v) is 12.3. The van der Waals surface area contributed by atoms with Gasteiger partial charge in [-0.3, -0.25) is 13.7 Å². The van der Waals surface area contributed by atoms with Gasteiger partial charge in [-0.1, -0.05) is 4.98 Å². The van der Waals surface area contributed by atoms with Gasteiger partial charge in [0.05, 0.1) is 18.8 Å². The van der Waals surface area contributed by atoms with Gasteiger partial charge in [-0.15, -0.1) is 0 Å². The van der Waals surface area contributed by atoms with Crippen LogP contribution in [0.2, 0.25) is 0 Å². The highest BCUT2D eigenvalue weighted by atomic mass is 31.3. The fourth-order valence-electron chi connectivity index (χ4n) is 5.21. The number of imidazole rings is 1. The van der Waals surface area contributed by atoms with E-state index in [1.165, 1.54) is 21.8 Å². The van der Waals surface area contributed by atoms with E-state index in [1.54, 1.807) is 0 Å². The van der Waals surface area contributed by atoms with Gasteiger partial charge in [0.1, 0.15) is 36.8 Å². The third-order valence-corrected chi connectivity index (χ3v) is 9.69. The molecule has 6 rings (SSSR count).